The maximum absolute atomic E-state index is 12.6. The van der Waals surface area contributed by atoms with Gasteiger partial charge >= 0.3 is 0 Å². The van der Waals surface area contributed by atoms with Crippen molar-refractivity contribution in [3.05, 3.63) is 0 Å². The van der Waals surface area contributed by atoms with Crippen molar-refractivity contribution in [1.82, 2.24) is 14.7 Å². The molecule has 5 nitrogen and oxygen atoms in total. The first-order chi connectivity index (χ1) is 11.6. The maximum Gasteiger partial charge on any atom is 0.236 e. The van der Waals surface area contributed by atoms with Gasteiger partial charge in [0.15, 0.2) is 0 Å². The Morgan fingerprint density at radius 1 is 0.958 bits per heavy atom. The highest BCUT2D eigenvalue weighted by Crippen LogP contribution is 2.24. The largest absolute Gasteiger partial charge is 0.391 e. The van der Waals surface area contributed by atoms with Crippen molar-refractivity contribution in [3.8, 4) is 0 Å². The topological polar surface area (TPSA) is 47.0 Å². The number of carbonyl (C=O) groups is 1. The molecule has 138 valence electrons. The molecule has 3 fully saturated rings. The molecule has 1 amide bonds. The van der Waals surface area contributed by atoms with Crippen molar-refractivity contribution in [3.63, 3.8) is 0 Å². The smallest absolute Gasteiger partial charge is 0.236 e. The van der Waals surface area contributed by atoms with Crippen LogP contribution in [0.15, 0.2) is 0 Å². The zero-order valence-corrected chi connectivity index (χ0v) is 15.3. The highest BCUT2D eigenvalue weighted by molar-refractivity contribution is 5.78. The van der Waals surface area contributed by atoms with Crippen molar-refractivity contribution >= 4 is 5.91 Å². The van der Waals surface area contributed by atoms with E-state index in [0.717, 1.165) is 39.0 Å². The molecule has 2 atom stereocenters. The highest BCUT2D eigenvalue weighted by Gasteiger charge is 2.31. The van der Waals surface area contributed by atoms with E-state index in [9.17, 15) is 9.90 Å². The molecule has 2 aliphatic carbocycles. The second-order valence-corrected chi connectivity index (χ2v) is 8.03. The molecule has 0 aromatic heterocycles. The van der Waals surface area contributed by atoms with Gasteiger partial charge in [-0.25, -0.2) is 0 Å². The fraction of sp³-hybridized carbons (Fsp3) is 0.947. The summed E-state index contributed by atoms with van der Waals surface area (Å²) in [7, 11) is 1.99. The maximum atomic E-state index is 12.6. The van der Waals surface area contributed by atoms with Crippen molar-refractivity contribution in [2.75, 3.05) is 39.8 Å². The zero-order chi connectivity index (χ0) is 16.9. The van der Waals surface area contributed by atoms with Gasteiger partial charge in [-0.3, -0.25) is 14.6 Å². The van der Waals surface area contributed by atoms with Gasteiger partial charge in [-0.2, -0.15) is 0 Å². The van der Waals surface area contributed by atoms with Crippen LogP contribution in [0.2, 0.25) is 0 Å². The van der Waals surface area contributed by atoms with E-state index >= 15 is 0 Å². The molecule has 3 rings (SSSR count). The van der Waals surface area contributed by atoms with E-state index < -0.39 is 0 Å². The predicted molar refractivity (Wildman–Crippen MR) is 95.9 cm³/mol. The van der Waals surface area contributed by atoms with E-state index in [4.69, 9.17) is 0 Å². The molecular formula is C19H35N3O2. The number of piperazine rings is 1. The van der Waals surface area contributed by atoms with Crippen LogP contribution in [0.4, 0.5) is 0 Å². The predicted octanol–water partition coefficient (Wildman–Crippen LogP) is 1.70. The first-order valence-electron chi connectivity index (χ1n) is 10.1. The lowest BCUT2D eigenvalue weighted by Crippen LogP contribution is -2.56. The third-order valence-corrected chi connectivity index (χ3v) is 6.44. The van der Waals surface area contributed by atoms with Crippen LogP contribution in [0, 0.1) is 0 Å². The quantitative estimate of drug-likeness (QED) is 0.848. The van der Waals surface area contributed by atoms with Crippen LogP contribution in [-0.4, -0.2) is 83.7 Å². The molecular weight excluding hydrogens is 302 g/mol. The number of rotatable bonds is 4. The first kappa shape index (κ1) is 18.2. The summed E-state index contributed by atoms with van der Waals surface area (Å²) in [5, 5.41) is 10.2. The summed E-state index contributed by atoms with van der Waals surface area (Å²) in [5.74, 6) is 0.285. The Kier molecular flexibility index (Phi) is 6.53. The van der Waals surface area contributed by atoms with Gasteiger partial charge in [-0.1, -0.05) is 32.1 Å². The van der Waals surface area contributed by atoms with E-state index in [0.29, 0.717) is 18.6 Å². The number of aliphatic hydroxyl groups is 1. The van der Waals surface area contributed by atoms with Crippen LogP contribution in [0.25, 0.3) is 0 Å². The normalized spacial score (nSPS) is 31.1. The summed E-state index contributed by atoms with van der Waals surface area (Å²) < 4.78 is 0. The van der Waals surface area contributed by atoms with Gasteiger partial charge in [0.05, 0.1) is 12.6 Å². The van der Waals surface area contributed by atoms with Gasteiger partial charge in [0.2, 0.25) is 5.91 Å². The van der Waals surface area contributed by atoms with E-state index in [1.807, 2.05) is 11.9 Å². The second-order valence-electron chi connectivity index (χ2n) is 8.03. The molecule has 1 saturated heterocycles. The monoisotopic (exact) mass is 337 g/mol. The lowest BCUT2D eigenvalue weighted by molar-refractivity contribution is -0.134. The number of aliphatic hydroxyl groups excluding tert-OH is 1. The number of hydrogen-bond acceptors (Lipinski definition) is 4. The van der Waals surface area contributed by atoms with Gasteiger partial charge in [0.25, 0.3) is 0 Å². The van der Waals surface area contributed by atoms with Gasteiger partial charge in [-0.15, -0.1) is 0 Å². The van der Waals surface area contributed by atoms with E-state index in [2.05, 4.69) is 9.80 Å². The molecule has 0 aromatic rings. The number of amides is 1. The average Bonchev–Trinajstić information content (AvgIpc) is 2.63. The lowest BCUT2D eigenvalue weighted by Gasteiger charge is -2.43. The Hall–Kier alpha value is -0.650. The van der Waals surface area contributed by atoms with Gasteiger partial charge in [-0.05, 0) is 25.7 Å². The molecule has 0 aromatic carbocycles. The van der Waals surface area contributed by atoms with E-state index in [-0.39, 0.29) is 12.0 Å². The Labute approximate surface area is 147 Å². The molecule has 0 spiro atoms. The van der Waals surface area contributed by atoms with Crippen LogP contribution in [0.3, 0.4) is 0 Å². The zero-order valence-electron chi connectivity index (χ0n) is 15.3. The summed E-state index contributed by atoms with van der Waals surface area (Å²) in [6, 6.07) is 0.812. The number of nitrogens with zero attached hydrogens (tertiary/aromatic N) is 3. The summed E-state index contributed by atoms with van der Waals surface area (Å²) >= 11 is 0. The van der Waals surface area contributed by atoms with Crippen LogP contribution in [-0.2, 0) is 4.79 Å². The van der Waals surface area contributed by atoms with Crippen LogP contribution < -0.4 is 0 Å². The summed E-state index contributed by atoms with van der Waals surface area (Å²) in [4.78, 5) is 19.3. The van der Waals surface area contributed by atoms with Crippen LogP contribution >= 0.6 is 0 Å². The first-order valence-corrected chi connectivity index (χ1v) is 10.1. The third-order valence-electron chi connectivity index (χ3n) is 6.44. The van der Waals surface area contributed by atoms with Gasteiger partial charge in [0.1, 0.15) is 0 Å². The Bertz CT molecular complexity index is 403. The summed E-state index contributed by atoms with van der Waals surface area (Å²) in [5.41, 5.74) is 0. The third kappa shape index (κ3) is 4.50. The summed E-state index contributed by atoms with van der Waals surface area (Å²) in [6.45, 7) is 4.44. The van der Waals surface area contributed by atoms with Gasteiger partial charge in [0, 0.05) is 45.3 Å². The SMILES string of the molecule is CN(C(=O)CN1CCN(C2CCCCC2O)CC1)C1CCCCC1. The molecule has 24 heavy (non-hydrogen) atoms. The van der Waals surface area contributed by atoms with Crippen molar-refractivity contribution in [1.29, 1.82) is 0 Å². The Morgan fingerprint density at radius 2 is 1.58 bits per heavy atom. The lowest BCUT2D eigenvalue weighted by atomic mass is 9.91. The minimum Gasteiger partial charge on any atom is -0.391 e. The number of likely N-dealkylation sites (N-methyl/N-ethyl adjacent to an activating group) is 1. The fourth-order valence-corrected chi connectivity index (χ4v) is 4.75. The molecule has 0 bridgehead atoms. The molecule has 5 heteroatoms. The molecule has 1 aliphatic heterocycles. The minimum atomic E-state index is -0.149. The molecule has 1 N–H and O–H groups in total. The Morgan fingerprint density at radius 3 is 2.25 bits per heavy atom. The van der Waals surface area contributed by atoms with Crippen molar-refractivity contribution in [2.45, 2.75) is 76.0 Å². The fourth-order valence-electron chi connectivity index (χ4n) is 4.75. The molecule has 0 radical (unpaired) electrons. The van der Waals surface area contributed by atoms with Crippen LogP contribution in [0.1, 0.15) is 57.8 Å². The molecule has 2 saturated carbocycles. The number of carbonyl (C=O) groups excluding carboxylic acids is 1. The van der Waals surface area contributed by atoms with Crippen LogP contribution in [0.5, 0.6) is 0 Å². The number of hydrogen-bond donors (Lipinski definition) is 1. The van der Waals surface area contributed by atoms with Gasteiger partial charge < -0.3 is 10.0 Å². The molecule has 3 aliphatic rings. The van der Waals surface area contributed by atoms with Crippen molar-refractivity contribution < 1.29 is 9.90 Å². The molecule has 1 heterocycles. The minimum absolute atomic E-state index is 0.149. The highest BCUT2D eigenvalue weighted by atomic mass is 16.3. The second kappa shape index (κ2) is 8.63. The van der Waals surface area contributed by atoms with E-state index in [1.54, 1.807) is 0 Å². The molecule has 2 unspecified atom stereocenters. The van der Waals surface area contributed by atoms with E-state index in [1.165, 1.54) is 44.9 Å². The summed E-state index contributed by atoms with van der Waals surface area (Å²) in [6.07, 6.45) is 10.6. The Balaban J connectivity index is 1.42. The van der Waals surface area contributed by atoms with Crippen molar-refractivity contribution in [2.24, 2.45) is 0 Å². The average molecular weight is 338 g/mol. The standard InChI is InChI=1S/C19H35N3O2/c1-20(16-7-3-2-4-8-16)19(24)15-21-11-13-22(14-12-21)17-9-5-6-10-18(17)23/h16-18,23H,2-15H2,1H3.